The minimum Gasteiger partial charge on any atom is -0.494 e. The third-order valence-corrected chi connectivity index (χ3v) is 5.56. The van der Waals surface area contributed by atoms with Crippen molar-refractivity contribution in [2.75, 3.05) is 23.7 Å². The van der Waals surface area contributed by atoms with Crippen LogP contribution >= 0.6 is 11.6 Å². The monoisotopic (exact) mass is 424 g/mol. The number of anilines is 1. The largest absolute Gasteiger partial charge is 0.494 e. The zero-order valence-corrected chi connectivity index (χ0v) is 18.0. The van der Waals surface area contributed by atoms with E-state index in [-0.39, 0.29) is 12.6 Å². The van der Waals surface area contributed by atoms with E-state index in [1.807, 2.05) is 38.1 Å². The first-order chi connectivity index (χ1) is 13.1. The van der Waals surface area contributed by atoms with Gasteiger partial charge in [-0.2, -0.15) is 0 Å². The van der Waals surface area contributed by atoms with Gasteiger partial charge in [0.05, 0.1) is 24.6 Å². The number of nitrogens with one attached hydrogen (secondary N) is 1. The van der Waals surface area contributed by atoms with Crippen molar-refractivity contribution in [3.05, 3.63) is 58.6 Å². The number of ether oxygens (including phenoxy) is 1. The van der Waals surface area contributed by atoms with Crippen molar-refractivity contribution in [3.63, 3.8) is 0 Å². The molecule has 0 saturated carbocycles. The van der Waals surface area contributed by atoms with Crippen LogP contribution in [0, 0.1) is 6.92 Å². The number of benzene rings is 2. The van der Waals surface area contributed by atoms with Gasteiger partial charge in [0.15, 0.2) is 0 Å². The van der Waals surface area contributed by atoms with Crippen molar-refractivity contribution in [1.29, 1.82) is 0 Å². The molecule has 2 rings (SSSR count). The van der Waals surface area contributed by atoms with Gasteiger partial charge < -0.3 is 10.1 Å². The van der Waals surface area contributed by atoms with E-state index >= 15 is 0 Å². The molecule has 28 heavy (non-hydrogen) atoms. The molecule has 152 valence electrons. The molecular weight excluding hydrogens is 400 g/mol. The molecule has 0 fully saturated rings. The topological polar surface area (TPSA) is 75.7 Å². The molecule has 0 aliphatic rings. The van der Waals surface area contributed by atoms with Crippen molar-refractivity contribution in [2.45, 2.75) is 26.8 Å². The summed E-state index contributed by atoms with van der Waals surface area (Å²) in [5.74, 6) is 0.343. The lowest BCUT2D eigenvalue weighted by Crippen LogP contribution is -2.41. The molecule has 0 saturated heterocycles. The van der Waals surface area contributed by atoms with Gasteiger partial charge in [-0.3, -0.25) is 9.10 Å². The van der Waals surface area contributed by atoms with E-state index in [9.17, 15) is 13.2 Å². The van der Waals surface area contributed by atoms with Crippen LogP contribution in [0.4, 0.5) is 5.69 Å². The van der Waals surface area contributed by atoms with Crippen molar-refractivity contribution < 1.29 is 17.9 Å². The molecule has 2 aromatic carbocycles. The molecule has 0 spiro atoms. The fourth-order valence-electron chi connectivity index (χ4n) is 2.75. The first-order valence-corrected chi connectivity index (χ1v) is 11.1. The summed E-state index contributed by atoms with van der Waals surface area (Å²) in [6.07, 6.45) is 1.07. The first kappa shape index (κ1) is 22.0. The smallest absolute Gasteiger partial charge is 0.241 e. The number of carbonyl (C=O) groups is 1. The molecule has 0 aliphatic carbocycles. The highest BCUT2D eigenvalue weighted by molar-refractivity contribution is 7.92. The molecule has 8 heteroatoms. The number of aryl methyl sites for hydroxylation is 1. The number of hydrogen-bond acceptors (Lipinski definition) is 4. The molecule has 6 nitrogen and oxygen atoms in total. The first-order valence-electron chi connectivity index (χ1n) is 8.87. The van der Waals surface area contributed by atoms with E-state index in [2.05, 4.69) is 5.32 Å². The molecule has 1 amide bonds. The summed E-state index contributed by atoms with van der Waals surface area (Å²) >= 11 is 6.01. The zero-order valence-electron chi connectivity index (χ0n) is 16.4. The van der Waals surface area contributed by atoms with Gasteiger partial charge in [0, 0.05) is 5.02 Å². The Labute approximate surface area is 171 Å². The molecular formula is C20H25ClN2O4S. The Kier molecular flexibility index (Phi) is 7.32. The number of hydrogen-bond donors (Lipinski definition) is 1. The standard InChI is InChI=1S/C20H25ClN2O4S/c1-5-27-18-10-7-16(8-11-18)15(3)22-20(24)13-23(28(4,25)26)19-12-17(21)9-6-14(19)2/h6-12,15H,5,13H2,1-4H3,(H,22,24)/t15-/m1/s1. The van der Waals surface area contributed by atoms with Gasteiger partial charge in [-0.05, 0) is 56.2 Å². The normalized spacial score (nSPS) is 12.3. The van der Waals surface area contributed by atoms with Crippen LogP contribution in [0.2, 0.25) is 5.02 Å². The third-order valence-electron chi connectivity index (χ3n) is 4.20. The molecule has 0 aliphatic heterocycles. The van der Waals surface area contributed by atoms with Gasteiger partial charge in [-0.1, -0.05) is 29.8 Å². The van der Waals surface area contributed by atoms with E-state index in [1.165, 1.54) is 0 Å². The Morgan fingerprint density at radius 1 is 1.21 bits per heavy atom. The molecule has 0 unspecified atom stereocenters. The maximum Gasteiger partial charge on any atom is 0.241 e. The lowest BCUT2D eigenvalue weighted by Gasteiger charge is -2.25. The van der Waals surface area contributed by atoms with Crippen molar-refractivity contribution in [3.8, 4) is 5.75 Å². The zero-order chi connectivity index (χ0) is 20.9. The Hall–Kier alpha value is -2.25. The number of carbonyl (C=O) groups excluding carboxylic acids is 1. The Morgan fingerprint density at radius 3 is 2.43 bits per heavy atom. The maximum atomic E-state index is 12.5. The van der Waals surface area contributed by atoms with Crippen molar-refractivity contribution in [2.24, 2.45) is 0 Å². The second-order valence-electron chi connectivity index (χ2n) is 6.49. The second kappa shape index (κ2) is 9.30. The molecule has 0 aromatic heterocycles. The van der Waals surface area contributed by atoms with Crippen LogP contribution in [0.3, 0.4) is 0 Å². The summed E-state index contributed by atoms with van der Waals surface area (Å²) in [7, 11) is -3.67. The molecule has 2 aromatic rings. The SMILES string of the molecule is CCOc1ccc([C@@H](C)NC(=O)CN(c2cc(Cl)ccc2C)S(C)(=O)=O)cc1. The average Bonchev–Trinajstić information content (AvgIpc) is 2.62. The molecule has 1 atom stereocenters. The summed E-state index contributed by atoms with van der Waals surface area (Å²) in [5.41, 5.74) is 1.99. The van der Waals surface area contributed by atoms with E-state index < -0.39 is 15.9 Å². The highest BCUT2D eigenvalue weighted by Crippen LogP contribution is 2.26. The van der Waals surface area contributed by atoms with Gasteiger partial charge in [-0.15, -0.1) is 0 Å². The summed E-state index contributed by atoms with van der Waals surface area (Å²) in [6.45, 7) is 5.76. The highest BCUT2D eigenvalue weighted by Gasteiger charge is 2.23. The summed E-state index contributed by atoms with van der Waals surface area (Å²) in [6, 6.07) is 12.0. The van der Waals surface area contributed by atoms with Crippen molar-refractivity contribution >= 4 is 33.2 Å². The van der Waals surface area contributed by atoms with Crippen LogP contribution in [0.1, 0.15) is 31.0 Å². The van der Waals surface area contributed by atoms with E-state index in [0.29, 0.717) is 22.9 Å². The minimum absolute atomic E-state index is 0.287. The van der Waals surface area contributed by atoms with Gasteiger partial charge in [-0.25, -0.2) is 8.42 Å². The fourth-order valence-corrected chi connectivity index (χ4v) is 3.82. The summed E-state index contributed by atoms with van der Waals surface area (Å²) in [5, 5.41) is 3.24. The predicted molar refractivity (Wildman–Crippen MR) is 113 cm³/mol. The van der Waals surface area contributed by atoms with Crippen molar-refractivity contribution in [1.82, 2.24) is 5.32 Å². The Bertz CT molecular complexity index is 930. The van der Waals surface area contributed by atoms with Gasteiger partial charge in [0.2, 0.25) is 15.9 Å². The van der Waals surface area contributed by atoms with Crippen LogP contribution < -0.4 is 14.4 Å². The Morgan fingerprint density at radius 2 is 1.86 bits per heavy atom. The molecule has 0 bridgehead atoms. The number of nitrogens with zero attached hydrogens (tertiary/aromatic N) is 1. The van der Waals surface area contributed by atoms with Crippen LogP contribution in [0.5, 0.6) is 5.75 Å². The van der Waals surface area contributed by atoms with Crippen LogP contribution in [0.15, 0.2) is 42.5 Å². The van der Waals surface area contributed by atoms with E-state index in [1.54, 1.807) is 25.1 Å². The second-order valence-corrected chi connectivity index (χ2v) is 8.83. The predicted octanol–water partition coefficient (Wildman–Crippen LogP) is 3.69. The van der Waals surface area contributed by atoms with E-state index in [0.717, 1.165) is 21.9 Å². The van der Waals surface area contributed by atoms with Gasteiger partial charge in [0.1, 0.15) is 12.3 Å². The minimum atomic E-state index is -3.67. The molecule has 1 N–H and O–H groups in total. The molecule has 0 heterocycles. The average molecular weight is 425 g/mol. The van der Waals surface area contributed by atoms with Crippen LogP contribution in [-0.4, -0.2) is 33.7 Å². The van der Waals surface area contributed by atoms with Gasteiger partial charge >= 0.3 is 0 Å². The number of rotatable bonds is 8. The highest BCUT2D eigenvalue weighted by atomic mass is 35.5. The van der Waals surface area contributed by atoms with Crippen LogP contribution in [-0.2, 0) is 14.8 Å². The maximum absolute atomic E-state index is 12.5. The lowest BCUT2D eigenvalue weighted by atomic mass is 10.1. The van der Waals surface area contributed by atoms with Gasteiger partial charge in [0.25, 0.3) is 0 Å². The quantitative estimate of drug-likeness (QED) is 0.701. The Balaban J connectivity index is 2.14. The number of halogens is 1. The lowest BCUT2D eigenvalue weighted by molar-refractivity contribution is -0.120. The molecule has 0 radical (unpaired) electrons. The number of sulfonamides is 1. The summed E-state index contributed by atoms with van der Waals surface area (Å²) in [4.78, 5) is 12.5. The summed E-state index contributed by atoms with van der Waals surface area (Å²) < 4.78 is 31.0. The fraction of sp³-hybridized carbons (Fsp3) is 0.350. The third kappa shape index (κ3) is 5.87. The number of amides is 1. The van der Waals surface area contributed by atoms with E-state index in [4.69, 9.17) is 16.3 Å². The van der Waals surface area contributed by atoms with Crippen LogP contribution in [0.25, 0.3) is 0 Å².